The Hall–Kier alpha value is -0.330. The van der Waals surface area contributed by atoms with E-state index in [2.05, 4.69) is 22.6 Å². The maximum atomic E-state index is 12.3. The highest BCUT2D eigenvalue weighted by atomic mass is 127. The molecule has 4 nitrogen and oxygen atoms in total. The van der Waals surface area contributed by atoms with Crippen LogP contribution in [-0.2, 0) is 19.1 Å². The Morgan fingerprint density at radius 1 is 1.10 bits per heavy atom. The number of methoxy groups -OCH3 is 2. The molecule has 0 bridgehead atoms. The molecule has 0 saturated heterocycles. The van der Waals surface area contributed by atoms with Gasteiger partial charge in [0.25, 0.3) is 0 Å². The van der Waals surface area contributed by atoms with E-state index in [9.17, 15) is 9.59 Å². The molecule has 2 aliphatic rings. The Morgan fingerprint density at radius 2 is 1.65 bits per heavy atom. The van der Waals surface area contributed by atoms with Crippen molar-refractivity contribution in [3.8, 4) is 0 Å². The lowest BCUT2D eigenvalue weighted by Gasteiger charge is -2.38. The first-order valence-corrected chi connectivity index (χ1v) is 8.80. The van der Waals surface area contributed by atoms with Crippen molar-refractivity contribution in [2.24, 2.45) is 16.7 Å². The van der Waals surface area contributed by atoms with Crippen LogP contribution in [0, 0.1) is 16.7 Å². The van der Waals surface area contributed by atoms with Crippen molar-refractivity contribution in [2.45, 2.75) is 44.9 Å². The maximum Gasteiger partial charge on any atom is 0.323 e. The van der Waals surface area contributed by atoms with E-state index in [4.69, 9.17) is 9.47 Å². The van der Waals surface area contributed by atoms with Gasteiger partial charge in [-0.05, 0) is 37.0 Å². The number of esters is 2. The van der Waals surface area contributed by atoms with Crippen LogP contribution >= 0.6 is 22.6 Å². The molecule has 1 spiro atoms. The predicted molar refractivity (Wildman–Crippen MR) is 83.6 cm³/mol. The maximum absolute atomic E-state index is 12.3. The molecule has 5 heteroatoms. The fourth-order valence-corrected chi connectivity index (χ4v) is 5.54. The van der Waals surface area contributed by atoms with E-state index < -0.39 is 17.4 Å². The molecular formula is C15H23IO4. The van der Waals surface area contributed by atoms with Crippen LogP contribution in [0.15, 0.2) is 0 Å². The third-order valence-electron chi connectivity index (χ3n) is 5.30. The smallest absolute Gasteiger partial charge is 0.323 e. The third-order valence-corrected chi connectivity index (χ3v) is 6.37. The summed E-state index contributed by atoms with van der Waals surface area (Å²) in [5.41, 5.74) is -0.946. The first-order valence-electron chi connectivity index (χ1n) is 7.27. The normalized spacial score (nSPS) is 27.2. The van der Waals surface area contributed by atoms with Gasteiger partial charge in [-0.2, -0.15) is 0 Å². The van der Waals surface area contributed by atoms with E-state index in [1.165, 1.54) is 33.5 Å². The molecule has 114 valence electrons. The summed E-state index contributed by atoms with van der Waals surface area (Å²) in [5.74, 6) is -0.426. The van der Waals surface area contributed by atoms with Gasteiger partial charge < -0.3 is 9.47 Å². The summed E-state index contributed by atoms with van der Waals surface area (Å²) in [6.45, 7) is 0. The van der Waals surface area contributed by atoms with Gasteiger partial charge in [0, 0.05) is 4.43 Å². The molecule has 2 saturated carbocycles. The second-order valence-electron chi connectivity index (χ2n) is 6.22. The zero-order valence-corrected chi connectivity index (χ0v) is 14.4. The minimum Gasteiger partial charge on any atom is -0.468 e. The van der Waals surface area contributed by atoms with Gasteiger partial charge >= 0.3 is 11.9 Å². The van der Waals surface area contributed by atoms with E-state index in [0.29, 0.717) is 18.8 Å². The lowest BCUT2D eigenvalue weighted by atomic mass is 9.67. The standard InChI is InChI=1S/C15H23IO4/c1-19-12(17)15(13(18)20-2)8-11(9-16)14(10-15)6-4-3-5-7-14/h11H,3-10H2,1-2H3. The van der Waals surface area contributed by atoms with Crippen LogP contribution in [0.1, 0.15) is 44.9 Å². The Bertz CT molecular complexity index is 371. The number of hydrogen-bond acceptors (Lipinski definition) is 4. The molecule has 0 aliphatic heterocycles. The highest BCUT2D eigenvalue weighted by Gasteiger charge is 2.62. The molecular weight excluding hydrogens is 371 g/mol. The van der Waals surface area contributed by atoms with Crippen molar-refractivity contribution in [3.63, 3.8) is 0 Å². The van der Waals surface area contributed by atoms with Crippen LogP contribution in [0.3, 0.4) is 0 Å². The molecule has 0 N–H and O–H groups in total. The lowest BCUT2D eigenvalue weighted by Crippen LogP contribution is -2.40. The van der Waals surface area contributed by atoms with Gasteiger partial charge in [-0.15, -0.1) is 0 Å². The van der Waals surface area contributed by atoms with Gasteiger partial charge in [-0.1, -0.05) is 41.9 Å². The van der Waals surface area contributed by atoms with Crippen molar-refractivity contribution >= 4 is 34.5 Å². The largest absolute Gasteiger partial charge is 0.468 e. The van der Waals surface area contributed by atoms with Crippen LogP contribution in [0.5, 0.6) is 0 Å². The molecule has 0 aromatic rings. The summed E-state index contributed by atoms with van der Waals surface area (Å²) in [6.07, 6.45) is 7.09. The van der Waals surface area contributed by atoms with E-state index in [0.717, 1.165) is 17.3 Å². The lowest BCUT2D eigenvalue weighted by molar-refractivity contribution is -0.169. The van der Waals surface area contributed by atoms with Crippen LogP contribution in [-0.4, -0.2) is 30.6 Å². The van der Waals surface area contributed by atoms with Crippen LogP contribution in [0.2, 0.25) is 0 Å². The zero-order valence-electron chi connectivity index (χ0n) is 12.2. The summed E-state index contributed by atoms with van der Waals surface area (Å²) in [6, 6.07) is 0. The predicted octanol–water partition coefficient (Wildman–Crippen LogP) is 3.11. The van der Waals surface area contributed by atoms with E-state index in [-0.39, 0.29) is 5.41 Å². The van der Waals surface area contributed by atoms with Gasteiger partial charge in [0.15, 0.2) is 5.41 Å². The fourth-order valence-electron chi connectivity index (χ4n) is 4.30. The average molecular weight is 394 g/mol. The number of carbonyl (C=O) groups excluding carboxylic acids is 2. The quantitative estimate of drug-likeness (QED) is 0.320. The van der Waals surface area contributed by atoms with Gasteiger partial charge in [-0.25, -0.2) is 0 Å². The van der Waals surface area contributed by atoms with Crippen molar-refractivity contribution in [2.75, 3.05) is 18.6 Å². The second kappa shape index (κ2) is 6.20. The van der Waals surface area contributed by atoms with Crippen molar-refractivity contribution in [1.29, 1.82) is 0 Å². The fraction of sp³-hybridized carbons (Fsp3) is 0.867. The summed E-state index contributed by atoms with van der Waals surface area (Å²) in [7, 11) is 2.72. The van der Waals surface area contributed by atoms with Crippen molar-refractivity contribution < 1.29 is 19.1 Å². The molecule has 1 atom stereocenters. The van der Waals surface area contributed by atoms with Gasteiger partial charge in [-0.3, -0.25) is 9.59 Å². The molecule has 2 aliphatic carbocycles. The number of ether oxygens (including phenoxy) is 2. The van der Waals surface area contributed by atoms with E-state index in [1.54, 1.807) is 0 Å². The number of halogens is 1. The first kappa shape index (κ1) is 16.0. The Kier molecular flexibility index (Phi) is 4.97. The van der Waals surface area contributed by atoms with E-state index >= 15 is 0 Å². The van der Waals surface area contributed by atoms with Gasteiger partial charge in [0.05, 0.1) is 14.2 Å². The Morgan fingerprint density at radius 3 is 2.10 bits per heavy atom. The highest BCUT2D eigenvalue weighted by Crippen LogP contribution is 2.60. The topological polar surface area (TPSA) is 52.6 Å². The molecule has 0 aromatic carbocycles. The van der Waals surface area contributed by atoms with Crippen molar-refractivity contribution in [3.05, 3.63) is 0 Å². The monoisotopic (exact) mass is 394 g/mol. The number of alkyl halides is 1. The number of hydrogen-bond donors (Lipinski definition) is 0. The van der Waals surface area contributed by atoms with E-state index in [1.807, 2.05) is 0 Å². The average Bonchev–Trinajstić information content (AvgIpc) is 2.81. The molecule has 0 aromatic heterocycles. The highest BCUT2D eigenvalue weighted by molar-refractivity contribution is 14.1. The summed E-state index contributed by atoms with van der Waals surface area (Å²) in [4.78, 5) is 24.6. The Labute approximate surface area is 134 Å². The summed E-state index contributed by atoms with van der Waals surface area (Å²) >= 11 is 2.39. The second-order valence-corrected chi connectivity index (χ2v) is 7.10. The first-order chi connectivity index (χ1) is 9.54. The van der Waals surface area contributed by atoms with Crippen LogP contribution in [0.25, 0.3) is 0 Å². The number of rotatable bonds is 3. The molecule has 0 amide bonds. The SMILES string of the molecule is COC(=O)C1(C(=O)OC)CC(CI)C2(CCCCC2)C1. The van der Waals surface area contributed by atoms with Crippen molar-refractivity contribution in [1.82, 2.24) is 0 Å². The summed E-state index contributed by atoms with van der Waals surface area (Å²) in [5, 5.41) is 0. The van der Waals surface area contributed by atoms with Gasteiger partial charge in [0.1, 0.15) is 0 Å². The number of carbonyl (C=O) groups is 2. The molecule has 1 unspecified atom stereocenters. The third kappa shape index (κ3) is 2.46. The van der Waals surface area contributed by atoms with Crippen LogP contribution < -0.4 is 0 Å². The molecule has 2 fully saturated rings. The van der Waals surface area contributed by atoms with Crippen LogP contribution in [0.4, 0.5) is 0 Å². The minimum absolute atomic E-state index is 0.127. The molecule has 0 radical (unpaired) electrons. The zero-order chi connectivity index (χ0) is 14.8. The Balaban J connectivity index is 2.36. The summed E-state index contributed by atoms with van der Waals surface area (Å²) < 4.78 is 10.9. The van der Waals surface area contributed by atoms with Gasteiger partial charge in [0.2, 0.25) is 0 Å². The minimum atomic E-state index is -1.07. The molecule has 0 heterocycles. The molecule has 20 heavy (non-hydrogen) atoms. The molecule has 2 rings (SSSR count).